The molecule has 3 rings (SSSR count). The van der Waals surface area contributed by atoms with E-state index in [0.29, 0.717) is 51.4 Å². The Morgan fingerprint density at radius 2 is 1.97 bits per heavy atom. The Labute approximate surface area is 175 Å². The molecule has 0 radical (unpaired) electrons. The number of alkyl halides is 1. The van der Waals surface area contributed by atoms with Crippen LogP contribution in [0.4, 0.5) is 20.2 Å². The van der Waals surface area contributed by atoms with Crippen LogP contribution in [0.1, 0.15) is 33.1 Å². The molecule has 30 heavy (non-hydrogen) atoms. The number of ether oxygens (including phenoxy) is 1. The number of carbonyl (C=O) groups is 1. The van der Waals surface area contributed by atoms with E-state index in [-0.39, 0.29) is 35.8 Å². The van der Waals surface area contributed by atoms with Crippen molar-refractivity contribution in [3.8, 4) is 0 Å². The fraction of sp³-hybridized carbons (Fsp3) is 0.667. The zero-order valence-corrected chi connectivity index (χ0v) is 17.4. The highest BCUT2D eigenvalue weighted by atomic mass is 19.1. The largest absolute Gasteiger partial charge is 0.465 e. The van der Waals surface area contributed by atoms with E-state index in [1.807, 2.05) is 13.8 Å². The van der Waals surface area contributed by atoms with Crippen LogP contribution in [0.25, 0.3) is 0 Å². The topological polar surface area (TPSA) is 75.9 Å². The van der Waals surface area contributed by atoms with Crippen molar-refractivity contribution in [3.05, 3.63) is 34.1 Å². The van der Waals surface area contributed by atoms with Crippen molar-refractivity contribution in [1.82, 2.24) is 4.90 Å². The Morgan fingerprint density at radius 1 is 1.27 bits per heavy atom. The van der Waals surface area contributed by atoms with E-state index in [0.717, 1.165) is 6.07 Å². The number of hydrogen-bond donors (Lipinski definition) is 0. The number of hydrogen-bond acceptors (Lipinski definition) is 6. The van der Waals surface area contributed by atoms with Crippen molar-refractivity contribution >= 4 is 17.3 Å². The van der Waals surface area contributed by atoms with Gasteiger partial charge in [0.25, 0.3) is 5.69 Å². The second-order valence-electron chi connectivity index (χ2n) is 8.54. The van der Waals surface area contributed by atoms with Crippen LogP contribution in [0.2, 0.25) is 0 Å². The molecule has 2 atom stereocenters. The Hall–Kier alpha value is -2.29. The molecule has 0 spiro atoms. The third-order valence-electron chi connectivity index (χ3n) is 5.88. The molecule has 9 heteroatoms. The van der Waals surface area contributed by atoms with Gasteiger partial charge < -0.3 is 9.64 Å². The minimum atomic E-state index is -1.17. The molecule has 0 saturated carbocycles. The Kier molecular flexibility index (Phi) is 7.23. The maximum atomic E-state index is 15.0. The van der Waals surface area contributed by atoms with Gasteiger partial charge >= 0.3 is 5.97 Å². The summed E-state index contributed by atoms with van der Waals surface area (Å²) in [7, 11) is 0. The molecule has 2 saturated heterocycles. The van der Waals surface area contributed by atoms with Crippen molar-refractivity contribution in [2.24, 2.45) is 11.8 Å². The maximum absolute atomic E-state index is 15.0. The summed E-state index contributed by atoms with van der Waals surface area (Å²) >= 11 is 0. The monoisotopic (exact) mass is 425 g/mol. The third kappa shape index (κ3) is 5.24. The second-order valence-corrected chi connectivity index (χ2v) is 8.54. The molecule has 2 aliphatic heterocycles. The predicted octanol–water partition coefficient (Wildman–Crippen LogP) is 3.56. The van der Waals surface area contributed by atoms with E-state index in [9.17, 15) is 23.7 Å². The zero-order valence-electron chi connectivity index (χ0n) is 17.4. The standard InChI is InChI=1S/C21H29F2N3O4/c1-14(2)13-30-21(27)15-5-8-24(9-6-15)20-7-10-25(12-18(20)23)19-4-3-16(26(28)29)11-17(19)22/h3-4,11,14-15,18,20H,5-10,12-13H2,1-2H3. The van der Waals surface area contributed by atoms with Crippen LogP contribution in [-0.4, -0.2) is 60.8 Å². The summed E-state index contributed by atoms with van der Waals surface area (Å²) in [5.74, 6) is -0.710. The summed E-state index contributed by atoms with van der Waals surface area (Å²) < 4.78 is 34.6. The Morgan fingerprint density at radius 3 is 2.53 bits per heavy atom. The van der Waals surface area contributed by atoms with Gasteiger partial charge in [0.15, 0.2) is 5.82 Å². The molecular weight excluding hydrogens is 396 g/mol. The molecule has 0 bridgehead atoms. The highest BCUT2D eigenvalue weighted by Crippen LogP contribution is 2.31. The molecule has 0 N–H and O–H groups in total. The molecule has 2 fully saturated rings. The Bertz CT molecular complexity index is 769. The number of nitro groups is 1. The van der Waals surface area contributed by atoms with E-state index in [1.54, 1.807) is 4.90 Å². The lowest BCUT2D eigenvalue weighted by molar-refractivity contribution is -0.385. The smallest absolute Gasteiger partial charge is 0.309 e. The molecule has 166 valence electrons. The fourth-order valence-electron chi connectivity index (χ4n) is 4.22. The summed E-state index contributed by atoms with van der Waals surface area (Å²) in [6.07, 6.45) is 0.666. The lowest BCUT2D eigenvalue weighted by Crippen LogP contribution is -2.55. The molecule has 7 nitrogen and oxygen atoms in total. The van der Waals surface area contributed by atoms with Gasteiger partial charge in [0.2, 0.25) is 0 Å². The summed E-state index contributed by atoms with van der Waals surface area (Å²) in [5, 5.41) is 10.8. The number of carbonyl (C=O) groups excluding carboxylic acids is 1. The van der Waals surface area contributed by atoms with Gasteiger partial charge in [-0.2, -0.15) is 0 Å². The second kappa shape index (κ2) is 9.68. The van der Waals surface area contributed by atoms with Crippen LogP contribution in [0.15, 0.2) is 18.2 Å². The fourth-order valence-corrected chi connectivity index (χ4v) is 4.22. The van der Waals surface area contributed by atoms with Crippen molar-refractivity contribution in [1.29, 1.82) is 0 Å². The molecular formula is C21H29F2N3O4. The number of benzene rings is 1. The van der Waals surface area contributed by atoms with E-state index in [1.165, 1.54) is 12.1 Å². The quantitative estimate of drug-likeness (QED) is 0.394. The number of rotatable bonds is 6. The van der Waals surface area contributed by atoms with E-state index >= 15 is 0 Å². The minimum absolute atomic E-state index is 0.0375. The summed E-state index contributed by atoms with van der Waals surface area (Å²) in [4.78, 5) is 26.0. The third-order valence-corrected chi connectivity index (χ3v) is 5.88. The van der Waals surface area contributed by atoms with E-state index in [4.69, 9.17) is 4.74 Å². The molecule has 1 aromatic rings. The van der Waals surface area contributed by atoms with Gasteiger partial charge in [0.05, 0.1) is 35.7 Å². The van der Waals surface area contributed by atoms with Crippen LogP contribution in [0.3, 0.4) is 0 Å². The maximum Gasteiger partial charge on any atom is 0.309 e. The van der Waals surface area contributed by atoms with Crippen molar-refractivity contribution in [2.75, 3.05) is 37.7 Å². The van der Waals surface area contributed by atoms with Gasteiger partial charge in [-0.05, 0) is 44.3 Å². The van der Waals surface area contributed by atoms with E-state index < -0.39 is 16.9 Å². The lowest BCUT2D eigenvalue weighted by atomic mass is 9.92. The summed E-state index contributed by atoms with van der Waals surface area (Å²) in [6, 6.07) is 3.18. The summed E-state index contributed by atoms with van der Waals surface area (Å²) in [5.41, 5.74) is -0.133. The van der Waals surface area contributed by atoms with Gasteiger partial charge in [0, 0.05) is 18.7 Å². The van der Waals surface area contributed by atoms with Crippen LogP contribution in [-0.2, 0) is 9.53 Å². The molecule has 0 aromatic heterocycles. The van der Waals surface area contributed by atoms with Crippen molar-refractivity contribution in [3.63, 3.8) is 0 Å². The number of nitrogens with zero attached hydrogens (tertiary/aromatic N) is 3. The van der Waals surface area contributed by atoms with Gasteiger partial charge in [-0.3, -0.25) is 19.8 Å². The highest BCUT2D eigenvalue weighted by molar-refractivity contribution is 5.72. The van der Waals surface area contributed by atoms with Crippen LogP contribution in [0, 0.1) is 27.8 Å². The SMILES string of the molecule is CC(C)COC(=O)C1CCN(C2CCN(c3ccc([N+](=O)[O-])cc3F)CC2F)CC1. The number of piperidine rings is 2. The Balaban J connectivity index is 1.53. The van der Waals surface area contributed by atoms with Gasteiger partial charge in [-0.25, -0.2) is 8.78 Å². The number of nitro benzene ring substituents is 1. The van der Waals surface area contributed by atoms with Crippen LogP contribution < -0.4 is 4.90 Å². The highest BCUT2D eigenvalue weighted by Gasteiger charge is 2.37. The molecule has 1 aromatic carbocycles. The van der Waals surface area contributed by atoms with Gasteiger partial charge in [0.1, 0.15) is 6.17 Å². The molecule has 2 aliphatic rings. The van der Waals surface area contributed by atoms with Gasteiger partial charge in [-0.15, -0.1) is 0 Å². The first-order valence-electron chi connectivity index (χ1n) is 10.5. The van der Waals surface area contributed by atoms with Crippen LogP contribution >= 0.6 is 0 Å². The molecule has 0 amide bonds. The molecule has 2 unspecified atom stereocenters. The van der Waals surface area contributed by atoms with Crippen molar-refractivity contribution < 1.29 is 23.2 Å². The average molecular weight is 425 g/mol. The average Bonchev–Trinajstić information content (AvgIpc) is 2.72. The lowest BCUT2D eigenvalue weighted by Gasteiger charge is -2.43. The van der Waals surface area contributed by atoms with Gasteiger partial charge in [-0.1, -0.05) is 13.8 Å². The molecule has 0 aliphatic carbocycles. The van der Waals surface area contributed by atoms with E-state index in [2.05, 4.69) is 4.90 Å². The first-order chi connectivity index (χ1) is 14.3. The minimum Gasteiger partial charge on any atom is -0.465 e. The number of esters is 1. The predicted molar refractivity (Wildman–Crippen MR) is 109 cm³/mol. The van der Waals surface area contributed by atoms with Crippen molar-refractivity contribution in [2.45, 2.75) is 45.3 Å². The summed E-state index contributed by atoms with van der Waals surface area (Å²) in [6.45, 7) is 6.18. The number of non-ortho nitro benzene ring substituents is 1. The molecule has 2 heterocycles. The zero-order chi connectivity index (χ0) is 21.8. The van der Waals surface area contributed by atoms with Crippen LogP contribution in [0.5, 0.6) is 0 Å². The normalized spacial score (nSPS) is 23.6. The number of halogens is 2. The number of anilines is 1. The number of likely N-dealkylation sites (tertiary alicyclic amines) is 1. The first kappa shape index (κ1) is 22.4. The first-order valence-corrected chi connectivity index (χ1v) is 10.5.